The minimum atomic E-state index is -5.08. The van der Waals surface area contributed by atoms with Crippen LogP contribution in [0.3, 0.4) is 0 Å². The molecule has 0 spiro atoms. The number of alkyl halides is 3. The lowest BCUT2D eigenvalue weighted by molar-refractivity contribution is -0.192. The normalized spacial score (nSPS) is 21.4. The van der Waals surface area contributed by atoms with Crippen molar-refractivity contribution in [3.63, 3.8) is 0 Å². The van der Waals surface area contributed by atoms with E-state index in [1.165, 1.54) is 0 Å². The van der Waals surface area contributed by atoms with E-state index in [1.54, 1.807) is 0 Å². The van der Waals surface area contributed by atoms with Gasteiger partial charge < -0.3 is 15.3 Å². The molecule has 2 aliphatic rings. The van der Waals surface area contributed by atoms with Crippen LogP contribution in [0.5, 0.6) is 0 Å². The predicted molar refractivity (Wildman–Crippen MR) is 93.2 cm³/mol. The van der Waals surface area contributed by atoms with Crippen LogP contribution in [0.4, 0.5) is 19.0 Å². The Morgan fingerprint density at radius 1 is 1.04 bits per heavy atom. The average Bonchev–Trinajstić information content (AvgIpc) is 3.24. The van der Waals surface area contributed by atoms with Gasteiger partial charge in [0, 0.05) is 31.7 Å². The second-order valence-corrected chi connectivity index (χ2v) is 6.53. The molecule has 27 heavy (non-hydrogen) atoms. The zero-order valence-electron chi connectivity index (χ0n) is 14.4. The molecule has 144 valence electrons. The summed E-state index contributed by atoms with van der Waals surface area (Å²) < 4.78 is 31.7. The zero-order valence-corrected chi connectivity index (χ0v) is 14.4. The van der Waals surface area contributed by atoms with E-state index in [0.29, 0.717) is 0 Å². The molecule has 2 atom stereocenters. The molecule has 9 heteroatoms. The van der Waals surface area contributed by atoms with Crippen LogP contribution < -0.4 is 10.2 Å². The van der Waals surface area contributed by atoms with Crippen molar-refractivity contribution >= 4 is 11.8 Å². The van der Waals surface area contributed by atoms with Gasteiger partial charge in [-0.15, -0.1) is 10.2 Å². The minimum Gasteiger partial charge on any atom is -0.475 e. The number of nitrogens with zero attached hydrogens (tertiary/aromatic N) is 3. The van der Waals surface area contributed by atoms with Gasteiger partial charge in [-0.25, -0.2) is 4.79 Å². The van der Waals surface area contributed by atoms with Crippen LogP contribution in [0.2, 0.25) is 0 Å². The quantitative estimate of drug-likeness (QED) is 0.833. The van der Waals surface area contributed by atoms with E-state index in [2.05, 4.69) is 44.7 Å². The lowest BCUT2D eigenvalue weighted by Gasteiger charge is -2.17. The molecule has 3 heterocycles. The van der Waals surface area contributed by atoms with Gasteiger partial charge in [-0.2, -0.15) is 13.2 Å². The monoisotopic (exact) mass is 380 g/mol. The van der Waals surface area contributed by atoms with Crippen LogP contribution in [-0.2, 0) is 4.79 Å². The number of rotatable bonds is 2. The first kappa shape index (κ1) is 19.1. The summed E-state index contributed by atoms with van der Waals surface area (Å²) in [5, 5.41) is 19.4. The molecule has 6 nitrogen and oxygen atoms in total. The molecule has 0 amide bonds. The number of hydrogen-bond acceptors (Lipinski definition) is 5. The Balaban J connectivity index is 0.000000260. The van der Waals surface area contributed by atoms with Gasteiger partial charge in [0.2, 0.25) is 0 Å². The first-order chi connectivity index (χ1) is 12.8. The number of carboxylic acid groups (broad SMARTS) is 1. The molecular formula is C18H19F3N4O2. The number of fused-ring (bicyclic) bond motifs is 1. The summed E-state index contributed by atoms with van der Waals surface area (Å²) in [4.78, 5) is 11.3. The smallest absolute Gasteiger partial charge is 0.475 e. The number of hydrogen-bond donors (Lipinski definition) is 2. The molecule has 4 rings (SSSR count). The highest BCUT2D eigenvalue weighted by Crippen LogP contribution is 2.29. The fourth-order valence-electron chi connectivity index (χ4n) is 3.30. The number of carboxylic acids is 1. The maximum atomic E-state index is 10.6. The molecule has 1 aromatic carbocycles. The second-order valence-electron chi connectivity index (χ2n) is 6.53. The first-order valence-electron chi connectivity index (χ1n) is 8.49. The van der Waals surface area contributed by atoms with E-state index in [9.17, 15) is 13.2 Å². The van der Waals surface area contributed by atoms with Crippen molar-refractivity contribution in [3.05, 3.63) is 42.5 Å². The van der Waals surface area contributed by atoms with Gasteiger partial charge in [0.05, 0.1) is 5.69 Å². The largest absolute Gasteiger partial charge is 0.490 e. The zero-order chi connectivity index (χ0) is 19.4. The highest BCUT2D eigenvalue weighted by Gasteiger charge is 2.38. The SMILES string of the molecule is O=C(O)C(F)(F)F.c1ccc(-c2ccc(N3CC4CNCC4C3)nn2)cc1. The van der Waals surface area contributed by atoms with E-state index in [-0.39, 0.29) is 0 Å². The van der Waals surface area contributed by atoms with Crippen molar-refractivity contribution in [2.45, 2.75) is 6.18 Å². The van der Waals surface area contributed by atoms with E-state index >= 15 is 0 Å². The Hall–Kier alpha value is -2.68. The standard InChI is InChI=1S/C16H18N4.C2HF3O2/c1-2-4-12(5-3-1)15-6-7-16(19-18-15)20-10-13-8-17-9-14(13)11-20;3-2(4,5)1(6)7/h1-7,13-14,17H,8-11H2;(H,6,7). The third-order valence-electron chi connectivity index (χ3n) is 4.68. The summed E-state index contributed by atoms with van der Waals surface area (Å²) in [7, 11) is 0. The Morgan fingerprint density at radius 2 is 1.63 bits per heavy atom. The Morgan fingerprint density at radius 3 is 2.11 bits per heavy atom. The van der Waals surface area contributed by atoms with Gasteiger partial charge >= 0.3 is 12.1 Å². The third-order valence-corrected chi connectivity index (χ3v) is 4.68. The van der Waals surface area contributed by atoms with E-state index < -0.39 is 12.1 Å². The van der Waals surface area contributed by atoms with Crippen LogP contribution in [0, 0.1) is 11.8 Å². The number of anilines is 1. The number of carbonyl (C=O) groups is 1. The van der Waals surface area contributed by atoms with Crippen molar-refractivity contribution < 1.29 is 23.1 Å². The molecule has 2 aliphatic heterocycles. The molecule has 2 unspecified atom stereocenters. The summed E-state index contributed by atoms with van der Waals surface area (Å²) >= 11 is 0. The third kappa shape index (κ3) is 4.73. The summed E-state index contributed by atoms with van der Waals surface area (Å²) in [6.07, 6.45) is -5.08. The van der Waals surface area contributed by atoms with Crippen molar-refractivity contribution in [1.82, 2.24) is 15.5 Å². The lowest BCUT2D eigenvalue weighted by Crippen LogP contribution is -2.26. The number of benzene rings is 1. The van der Waals surface area contributed by atoms with Gasteiger partial charge in [-0.3, -0.25) is 0 Å². The highest BCUT2D eigenvalue weighted by molar-refractivity contribution is 5.73. The van der Waals surface area contributed by atoms with Crippen LogP contribution in [0.25, 0.3) is 11.3 Å². The van der Waals surface area contributed by atoms with Gasteiger partial charge in [0.25, 0.3) is 0 Å². The Kier molecular flexibility index (Phi) is 5.59. The fourth-order valence-corrected chi connectivity index (χ4v) is 3.30. The van der Waals surface area contributed by atoms with E-state index in [0.717, 1.165) is 55.1 Å². The summed E-state index contributed by atoms with van der Waals surface area (Å²) in [6, 6.07) is 14.4. The summed E-state index contributed by atoms with van der Waals surface area (Å²) in [5.74, 6) is -0.178. The number of aliphatic carboxylic acids is 1. The van der Waals surface area contributed by atoms with Crippen molar-refractivity contribution in [1.29, 1.82) is 0 Å². The molecule has 2 fully saturated rings. The molecule has 0 bridgehead atoms. The number of nitrogens with one attached hydrogen (secondary N) is 1. The molecule has 0 aliphatic carbocycles. The van der Waals surface area contributed by atoms with Crippen molar-refractivity contribution in [2.75, 3.05) is 31.1 Å². The Bertz CT molecular complexity index is 756. The fraction of sp³-hybridized carbons (Fsp3) is 0.389. The Labute approximate surface area is 154 Å². The second kappa shape index (κ2) is 7.91. The molecular weight excluding hydrogens is 361 g/mol. The molecule has 2 aromatic rings. The molecule has 1 aromatic heterocycles. The maximum absolute atomic E-state index is 10.6. The van der Waals surface area contributed by atoms with Gasteiger partial charge in [-0.05, 0) is 24.0 Å². The van der Waals surface area contributed by atoms with E-state index in [1.807, 2.05) is 18.2 Å². The van der Waals surface area contributed by atoms with Gasteiger partial charge in [-0.1, -0.05) is 30.3 Å². The highest BCUT2D eigenvalue weighted by atomic mass is 19.4. The molecule has 2 saturated heterocycles. The molecule has 0 radical (unpaired) electrons. The first-order valence-corrected chi connectivity index (χ1v) is 8.49. The number of aromatic nitrogens is 2. The minimum absolute atomic E-state index is 0.783. The van der Waals surface area contributed by atoms with Crippen LogP contribution in [-0.4, -0.2) is 53.6 Å². The molecule has 0 saturated carbocycles. The summed E-state index contributed by atoms with van der Waals surface area (Å²) in [6.45, 7) is 4.52. The van der Waals surface area contributed by atoms with Crippen molar-refractivity contribution in [3.8, 4) is 11.3 Å². The van der Waals surface area contributed by atoms with Crippen LogP contribution in [0.15, 0.2) is 42.5 Å². The average molecular weight is 380 g/mol. The predicted octanol–water partition coefficient (Wildman–Crippen LogP) is 2.43. The molecule has 2 N–H and O–H groups in total. The summed E-state index contributed by atoms with van der Waals surface area (Å²) in [5.41, 5.74) is 2.06. The number of halogens is 3. The van der Waals surface area contributed by atoms with E-state index in [4.69, 9.17) is 9.90 Å². The van der Waals surface area contributed by atoms with Gasteiger partial charge in [0.15, 0.2) is 5.82 Å². The van der Waals surface area contributed by atoms with Crippen LogP contribution in [0.1, 0.15) is 0 Å². The van der Waals surface area contributed by atoms with Gasteiger partial charge in [0.1, 0.15) is 0 Å². The maximum Gasteiger partial charge on any atom is 0.490 e. The van der Waals surface area contributed by atoms with Crippen LogP contribution >= 0.6 is 0 Å². The lowest BCUT2D eigenvalue weighted by atomic mass is 10.0. The topological polar surface area (TPSA) is 78.4 Å². The van der Waals surface area contributed by atoms with Crippen molar-refractivity contribution in [2.24, 2.45) is 11.8 Å².